The molecule has 0 aromatic carbocycles. The number of hydrogen-bond donors (Lipinski definition) is 1. The molecule has 18 heavy (non-hydrogen) atoms. The van der Waals surface area contributed by atoms with Crippen molar-refractivity contribution in [3.63, 3.8) is 0 Å². The molecule has 0 saturated heterocycles. The molecule has 1 heterocycles. The van der Waals surface area contributed by atoms with E-state index in [0.29, 0.717) is 6.07 Å². The Kier molecular flexibility index (Phi) is 3.14. The van der Waals surface area contributed by atoms with Crippen molar-refractivity contribution in [2.45, 2.75) is 31.5 Å². The summed E-state index contributed by atoms with van der Waals surface area (Å²) in [5.41, 5.74) is 3.84. The van der Waals surface area contributed by atoms with Crippen molar-refractivity contribution < 1.29 is 22.7 Å². The summed E-state index contributed by atoms with van der Waals surface area (Å²) in [7, 11) is 0. The number of carbonyl (C=O) groups is 1. The molecular formula is C11H11F3N2O2. The summed E-state index contributed by atoms with van der Waals surface area (Å²) in [6, 6.07) is 1.71. The number of nitrogens with zero attached hydrogens (tertiary/aromatic N) is 1. The summed E-state index contributed by atoms with van der Waals surface area (Å²) < 4.78 is 42.8. The fourth-order valence-corrected chi connectivity index (χ4v) is 1.52. The lowest BCUT2D eigenvalue weighted by atomic mass is 9.96. The molecule has 0 atom stereocenters. The Morgan fingerprint density at radius 3 is 2.50 bits per heavy atom. The maximum Gasteiger partial charge on any atom is 0.433 e. The Morgan fingerprint density at radius 2 is 2.06 bits per heavy atom. The van der Waals surface area contributed by atoms with E-state index in [9.17, 15) is 18.0 Å². The number of pyridine rings is 1. The van der Waals surface area contributed by atoms with E-state index in [1.807, 2.05) is 0 Å². The van der Waals surface area contributed by atoms with Gasteiger partial charge in [-0.25, -0.2) is 4.98 Å². The number of carbonyl (C=O) groups excluding carboxylic acids is 1. The Bertz CT molecular complexity index is 470. The first-order valence-corrected chi connectivity index (χ1v) is 5.42. The third kappa shape index (κ3) is 2.55. The highest BCUT2D eigenvalue weighted by atomic mass is 19.4. The zero-order valence-corrected chi connectivity index (χ0v) is 9.33. The summed E-state index contributed by atoms with van der Waals surface area (Å²) in [6.45, 7) is 0. The van der Waals surface area contributed by atoms with Gasteiger partial charge in [-0.1, -0.05) is 0 Å². The molecule has 0 spiro atoms. The van der Waals surface area contributed by atoms with Crippen LogP contribution in [-0.2, 0) is 6.18 Å². The van der Waals surface area contributed by atoms with Gasteiger partial charge < -0.3 is 10.5 Å². The van der Waals surface area contributed by atoms with Gasteiger partial charge in [0.1, 0.15) is 17.4 Å². The van der Waals surface area contributed by atoms with Crippen LogP contribution in [0.1, 0.15) is 35.3 Å². The number of ether oxygens (including phenoxy) is 1. The highest BCUT2D eigenvalue weighted by Crippen LogP contribution is 2.32. The highest BCUT2D eigenvalue weighted by Gasteiger charge is 2.34. The second-order valence-electron chi connectivity index (χ2n) is 4.08. The normalized spacial score (nSPS) is 16.2. The number of hydrogen-bond acceptors (Lipinski definition) is 3. The number of rotatable bonds is 3. The smallest absolute Gasteiger partial charge is 0.433 e. The van der Waals surface area contributed by atoms with Crippen molar-refractivity contribution in [1.29, 1.82) is 0 Å². The molecule has 4 nitrogen and oxygen atoms in total. The average molecular weight is 260 g/mol. The predicted octanol–water partition coefficient (Wildman–Crippen LogP) is 2.13. The summed E-state index contributed by atoms with van der Waals surface area (Å²) in [4.78, 5) is 14.4. The molecule has 1 aromatic rings. The van der Waals surface area contributed by atoms with E-state index < -0.39 is 17.8 Å². The molecule has 1 aliphatic carbocycles. The Balaban J connectivity index is 2.34. The molecule has 1 saturated carbocycles. The maximum atomic E-state index is 12.5. The van der Waals surface area contributed by atoms with E-state index in [0.717, 1.165) is 25.3 Å². The van der Waals surface area contributed by atoms with Gasteiger partial charge in [-0.15, -0.1) is 0 Å². The van der Waals surface area contributed by atoms with Crippen molar-refractivity contribution in [3.8, 4) is 5.88 Å². The van der Waals surface area contributed by atoms with Crippen LogP contribution < -0.4 is 10.5 Å². The van der Waals surface area contributed by atoms with Gasteiger partial charge in [0.05, 0.1) is 0 Å². The molecule has 98 valence electrons. The van der Waals surface area contributed by atoms with Gasteiger partial charge in [-0.05, 0) is 31.4 Å². The first-order valence-electron chi connectivity index (χ1n) is 5.42. The third-order valence-corrected chi connectivity index (χ3v) is 2.75. The summed E-state index contributed by atoms with van der Waals surface area (Å²) in [5, 5.41) is 0. The molecule has 1 aromatic heterocycles. The lowest BCUT2D eigenvalue weighted by Crippen LogP contribution is -2.27. The molecular weight excluding hydrogens is 249 g/mol. The molecule has 1 fully saturated rings. The van der Waals surface area contributed by atoms with Gasteiger partial charge in [0.25, 0.3) is 5.91 Å². The van der Waals surface area contributed by atoms with Gasteiger partial charge in [0.2, 0.25) is 5.88 Å². The molecule has 2 N–H and O–H groups in total. The molecule has 1 amide bonds. The fourth-order valence-electron chi connectivity index (χ4n) is 1.52. The van der Waals surface area contributed by atoms with Crippen molar-refractivity contribution in [1.82, 2.24) is 4.98 Å². The standard InChI is InChI=1S/C11H11F3N2O2/c12-11(13,14)8-5-4-7(9(15)17)10(16-8)18-6-2-1-3-6/h4-6H,1-3H2,(H2,15,17). The molecule has 0 unspecified atom stereocenters. The zero-order valence-electron chi connectivity index (χ0n) is 9.33. The molecule has 0 radical (unpaired) electrons. The minimum absolute atomic E-state index is 0.130. The van der Waals surface area contributed by atoms with Crippen LogP contribution in [0.25, 0.3) is 0 Å². The second-order valence-corrected chi connectivity index (χ2v) is 4.08. The number of aromatic nitrogens is 1. The lowest BCUT2D eigenvalue weighted by Gasteiger charge is -2.26. The fraction of sp³-hybridized carbons (Fsp3) is 0.455. The van der Waals surface area contributed by atoms with Crippen LogP contribution in [0.2, 0.25) is 0 Å². The Morgan fingerprint density at radius 1 is 1.39 bits per heavy atom. The van der Waals surface area contributed by atoms with Crippen molar-refractivity contribution in [3.05, 3.63) is 23.4 Å². The highest BCUT2D eigenvalue weighted by molar-refractivity contribution is 5.95. The molecule has 0 aliphatic heterocycles. The Labute approximate surface area is 101 Å². The van der Waals surface area contributed by atoms with E-state index in [1.54, 1.807) is 0 Å². The number of halogens is 3. The van der Waals surface area contributed by atoms with Gasteiger partial charge in [0, 0.05) is 0 Å². The summed E-state index contributed by atoms with van der Waals surface area (Å²) in [6.07, 6.45) is -2.31. The minimum Gasteiger partial charge on any atom is -0.474 e. The van der Waals surface area contributed by atoms with Crippen molar-refractivity contribution in [2.75, 3.05) is 0 Å². The number of alkyl halides is 3. The zero-order chi connectivity index (χ0) is 13.3. The summed E-state index contributed by atoms with van der Waals surface area (Å²) >= 11 is 0. The molecule has 0 bridgehead atoms. The van der Waals surface area contributed by atoms with Gasteiger partial charge in [-0.2, -0.15) is 13.2 Å². The van der Waals surface area contributed by atoms with Crippen molar-refractivity contribution >= 4 is 5.91 Å². The minimum atomic E-state index is -4.58. The topological polar surface area (TPSA) is 65.2 Å². The molecule has 7 heteroatoms. The van der Waals surface area contributed by atoms with E-state index >= 15 is 0 Å². The van der Waals surface area contributed by atoms with E-state index in [1.165, 1.54) is 0 Å². The van der Waals surface area contributed by atoms with E-state index in [2.05, 4.69) is 4.98 Å². The molecule has 2 rings (SSSR count). The van der Waals surface area contributed by atoms with Gasteiger partial charge >= 0.3 is 6.18 Å². The van der Waals surface area contributed by atoms with Crippen LogP contribution in [0.3, 0.4) is 0 Å². The lowest BCUT2D eigenvalue weighted by molar-refractivity contribution is -0.141. The van der Waals surface area contributed by atoms with Crippen LogP contribution in [0, 0.1) is 0 Å². The average Bonchev–Trinajstić information content (AvgIpc) is 2.21. The van der Waals surface area contributed by atoms with Crippen LogP contribution in [0.5, 0.6) is 5.88 Å². The number of amides is 1. The summed E-state index contributed by atoms with van der Waals surface area (Å²) in [5.74, 6) is -1.19. The largest absolute Gasteiger partial charge is 0.474 e. The SMILES string of the molecule is NC(=O)c1ccc(C(F)(F)F)nc1OC1CCC1. The van der Waals surface area contributed by atoms with Gasteiger partial charge in [-0.3, -0.25) is 4.79 Å². The van der Waals surface area contributed by atoms with Crippen LogP contribution in [0.15, 0.2) is 12.1 Å². The Hall–Kier alpha value is -1.79. The number of nitrogens with two attached hydrogens (primary N) is 1. The van der Waals surface area contributed by atoms with Crippen LogP contribution in [0.4, 0.5) is 13.2 Å². The first-order chi connectivity index (χ1) is 8.38. The first kappa shape index (κ1) is 12.7. The second kappa shape index (κ2) is 4.47. The predicted molar refractivity (Wildman–Crippen MR) is 56.0 cm³/mol. The van der Waals surface area contributed by atoms with Crippen LogP contribution >= 0.6 is 0 Å². The van der Waals surface area contributed by atoms with E-state index in [-0.39, 0.29) is 17.5 Å². The van der Waals surface area contributed by atoms with Gasteiger partial charge in [0.15, 0.2) is 0 Å². The van der Waals surface area contributed by atoms with E-state index in [4.69, 9.17) is 10.5 Å². The number of primary amides is 1. The maximum absolute atomic E-state index is 12.5. The van der Waals surface area contributed by atoms with Crippen LogP contribution in [-0.4, -0.2) is 17.0 Å². The third-order valence-electron chi connectivity index (χ3n) is 2.75. The quantitative estimate of drug-likeness (QED) is 0.905. The monoisotopic (exact) mass is 260 g/mol. The molecule has 1 aliphatic rings. The van der Waals surface area contributed by atoms with Crippen molar-refractivity contribution in [2.24, 2.45) is 5.73 Å².